The van der Waals surface area contributed by atoms with Crippen LogP contribution in [0.1, 0.15) is 5.56 Å². The fourth-order valence-corrected chi connectivity index (χ4v) is 5.13. The molecule has 0 radical (unpaired) electrons. The van der Waals surface area contributed by atoms with Gasteiger partial charge in [0.25, 0.3) is 10.0 Å². The predicted molar refractivity (Wildman–Crippen MR) is 102 cm³/mol. The molecule has 0 spiro atoms. The number of hydrogen-bond donors (Lipinski definition) is 0. The van der Waals surface area contributed by atoms with Crippen molar-refractivity contribution >= 4 is 42.3 Å². The summed E-state index contributed by atoms with van der Waals surface area (Å²) in [4.78, 5) is 0.673. The van der Waals surface area contributed by atoms with E-state index in [0.717, 1.165) is 26.6 Å². The average molecular weight is 368 g/mol. The second kappa shape index (κ2) is 5.82. The van der Waals surface area contributed by atoms with Gasteiger partial charge in [-0.3, -0.25) is 0 Å². The first kappa shape index (κ1) is 16.1. The maximum atomic E-state index is 12.6. The molecule has 4 rings (SSSR count). The third-order valence-corrected chi connectivity index (χ3v) is 6.70. The van der Waals surface area contributed by atoms with Gasteiger partial charge in [0.15, 0.2) is 0 Å². The first-order chi connectivity index (χ1) is 12.0. The minimum atomic E-state index is -3.74. The Balaban J connectivity index is 1.98. The quantitative estimate of drug-likeness (QED) is 0.537. The number of hydrogen-bond acceptors (Lipinski definition) is 3. The number of thiazole rings is 1. The summed E-state index contributed by atoms with van der Waals surface area (Å²) >= 11 is 1.38. The van der Waals surface area contributed by atoms with Gasteiger partial charge in [0.2, 0.25) is 4.80 Å². The Bertz CT molecular complexity index is 1260. The number of benzene rings is 3. The molecule has 0 aliphatic rings. The smallest absolute Gasteiger partial charge is 0.285 e. The summed E-state index contributed by atoms with van der Waals surface area (Å²) in [5, 5.41) is 2.21. The molecule has 3 aromatic carbocycles. The Morgan fingerprint density at radius 3 is 2.44 bits per heavy atom. The van der Waals surface area contributed by atoms with Crippen molar-refractivity contribution in [3.63, 3.8) is 0 Å². The van der Waals surface area contributed by atoms with E-state index in [-0.39, 0.29) is 4.90 Å². The summed E-state index contributed by atoms with van der Waals surface area (Å²) in [6.07, 6.45) is 0. The molecule has 0 unspecified atom stereocenters. The van der Waals surface area contributed by atoms with E-state index >= 15 is 0 Å². The molecule has 4 aromatic rings. The third-order valence-electron chi connectivity index (χ3n) is 4.20. The van der Waals surface area contributed by atoms with Gasteiger partial charge in [0.1, 0.15) is 0 Å². The zero-order valence-electron chi connectivity index (χ0n) is 13.8. The summed E-state index contributed by atoms with van der Waals surface area (Å²) in [5.74, 6) is 0. The Labute approximate surface area is 149 Å². The first-order valence-electron chi connectivity index (χ1n) is 7.81. The van der Waals surface area contributed by atoms with Gasteiger partial charge in [-0.1, -0.05) is 59.4 Å². The molecular weight excluding hydrogens is 352 g/mol. The molecule has 1 heterocycles. The van der Waals surface area contributed by atoms with Crippen molar-refractivity contribution < 1.29 is 8.42 Å². The summed E-state index contributed by atoms with van der Waals surface area (Å²) in [5.41, 5.74) is 2.01. The Kier molecular flexibility index (Phi) is 3.74. The molecule has 0 saturated heterocycles. The minimum absolute atomic E-state index is 0.209. The van der Waals surface area contributed by atoms with E-state index in [2.05, 4.69) is 4.40 Å². The van der Waals surface area contributed by atoms with Crippen LogP contribution in [0.2, 0.25) is 0 Å². The second-order valence-corrected chi connectivity index (χ2v) is 8.57. The van der Waals surface area contributed by atoms with Gasteiger partial charge in [-0.05, 0) is 30.5 Å². The molecule has 0 atom stereocenters. The molecule has 0 aliphatic heterocycles. The number of rotatable bonds is 2. The summed E-state index contributed by atoms with van der Waals surface area (Å²) in [6, 6.07) is 18.9. The number of sulfonamides is 1. The molecule has 126 valence electrons. The van der Waals surface area contributed by atoms with Crippen LogP contribution in [0, 0.1) is 6.92 Å². The fraction of sp³-hybridized carbons (Fsp3) is 0.105. The Morgan fingerprint density at radius 1 is 0.960 bits per heavy atom. The summed E-state index contributed by atoms with van der Waals surface area (Å²) in [7, 11) is -1.88. The van der Waals surface area contributed by atoms with Crippen LogP contribution in [0.4, 0.5) is 0 Å². The summed E-state index contributed by atoms with van der Waals surface area (Å²) in [6.45, 7) is 1.92. The number of aromatic nitrogens is 1. The standard InChI is InChI=1S/C19H16N2O2S2/c1-13-7-10-15(11-8-13)25(22,23)20-19-21(2)18-16-6-4-3-5-14(16)9-12-17(18)24-19/h3-12H,1-2H3/b20-19+. The molecule has 0 fully saturated rings. The molecule has 1 aromatic heterocycles. The number of fused-ring (bicyclic) bond motifs is 3. The Morgan fingerprint density at radius 2 is 1.68 bits per heavy atom. The van der Waals surface area contributed by atoms with E-state index in [0.29, 0.717) is 4.80 Å². The predicted octanol–water partition coefficient (Wildman–Crippen LogP) is 3.99. The second-order valence-electron chi connectivity index (χ2n) is 5.96. The normalized spacial score (nSPS) is 13.0. The van der Waals surface area contributed by atoms with Crippen LogP contribution in [0.15, 0.2) is 70.0 Å². The Hall–Kier alpha value is -2.44. The first-order valence-corrected chi connectivity index (χ1v) is 10.1. The highest BCUT2D eigenvalue weighted by molar-refractivity contribution is 7.90. The molecule has 6 heteroatoms. The molecule has 0 bridgehead atoms. The van der Waals surface area contributed by atoms with Crippen LogP contribution in [0.25, 0.3) is 21.0 Å². The maximum absolute atomic E-state index is 12.6. The lowest BCUT2D eigenvalue weighted by Crippen LogP contribution is -2.13. The zero-order valence-corrected chi connectivity index (χ0v) is 15.4. The topological polar surface area (TPSA) is 51.4 Å². The molecular formula is C19H16N2O2S2. The van der Waals surface area contributed by atoms with Crippen molar-refractivity contribution in [2.75, 3.05) is 0 Å². The third kappa shape index (κ3) is 2.77. The van der Waals surface area contributed by atoms with Gasteiger partial charge in [-0.2, -0.15) is 8.42 Å². The highest BCUT2D eigenvalue weighted by atomic mass is 32.2. The molecule has 25 heavy (non-hydrogen) atoms. The van der Waals surface area contributed by atoms with E-state index in [1.165, 1.54) is 11.3 Å². The SMILES string of the molecule is Cc1ccc(S(=O)(=O)/N=c2/sc3ccc4ccccc4c3n2C)cc1. The van der Waals surface area contributed by atoms with E-state index in [9.17, 15) is 8.42 Å². The van der Waals surface area contributed by atoms with E-state index in [4.69, 9.17) is 0 Å². The average Bonchev–Trinajstić information content (AvgIpc) is 2.91. The van der Waals surface area contributed by atoms with Gasteiger partial charge >= 0.3 is 0 Å². The number of aryl methyl sites for hydroxylation is 2. The molecule has 0 saturated carbocycles. The monoisotopic (exact) mass is 368 g/mol. The van der Waals surface area contributed by atoms with Crippen molar-refractivity contribution in [3.05, 3.63) is 71.0 Å². The summed E-state index contributed by atoms with van der Waals surface area (Å²) < 4.78 is 32.2. The van der Waals surface area contributed by atoms with Gasteiger partial charge in [-0.15, -0.1) is 4.40 Å². The van der Waals surface area contributed by atoms with Gasteiger partial charge in [0, 0.05) is 12.4 Å². The lowest BCUT2D eigenvalue weighted by Gasteiger charge is -2.02. The minimum Gasteiger partial charge on any atom is -0.318 e. The molecule has 0 aliphatic carbocycles. The fourth-order valence-electron chi connectivity index (χ4n) is 2.87. The van der Waals surface area contributed by atoms with Crippen LogP contribution >= 0.6 is 11.3 Å². The van der Waals surface area contributed by atoms with Gasteiger partial charge < -0.3 is 4.57 Å². The van der Waals surface area contributed by atoms with Crippen LogP contribution in [0.5, 0.6) is 0 Å². The van der Waals surface area contributed by atoms with Gasteiger partial charge in [-0.25, -0.2) is 0 Å². The lowest BCUT2D eigenvalue weighted by atomic mass is 10.1. The molecule has 0 amide bonds. The van der Waals surface area contributed by atoms with Gasteiger partial charge in [0.05, 0.1) is 15.1 Å². The van der Waals surface area contributed by atoms with Crippen molar-refractivity contribution in [1.82, 2.24) is 4.57 Å². The van der Waals surface area contributed by atoms with Crippen LogP contribution < -0.4 is 4.80 Å². The number of nitrogens with zero attached hydrogens (tertiary/aromatic N) is 2. The van der Waals surface area contributed by atoms with Crippen molar-refractivity contribution in [3.8, 4) is 0 Å². The highest BCUT2D eigenvalue weighted by Gasteiger charge is 2.14. The van der Waals surface area contributed by atoms with Crippen LogP contribution in [-0.4, -0.2) is 13.0 Å². The van der Waals surface area contributed by atoms with Crippen molar-refractivity contribution in [2.24, 2.45) is 11.4 Å². The maximum Gasteiger partial charge on any atom is 0.285 e. The highest BCUT2D eigenvalue weighted by Crippen LogP contribution is 2.26. The van der Waals surface area contributed by atoms with Crippen molar-refractivity contribution in [1.29, 1.82) is 0 Å². The van der Waals surface area contributed by atoms with Crippen LogP contribution in [-0.2, 0) is 17.1 Å². The largest absolute Gasteiger partial charge is 0.318 e. The molecule has 0 N–H and O–H groups in total. The lowest BCUT2D eigenvalue weighted by molar-refractivity contribution is 0.596. The van der Waals surface area contributed by atoms with Crippen molar-refractivity contribution in [2.45, 2.75) is 11.8 Å². The zero-order chi connectivity index (χ0) is 17.6. The van der Waals surface area contributed by atoms with E-state index in [1.807, 2.05) is 54.9 Å². The molecule has 4 nitrogen and oxygen atoms in total. The van der Waals surface area contributed by atoms with Crippen LogP contribution in [0.3, 0.4) is 0 Å². The van der Waals surface area contributed by atoms with E-state index in [1.54, 1.807) is 24.3 Å². The van der Waals surface area contributed by atoms with E-state index < -0.39 is 10.0 Å².